The van der Waals surface area contributed by atoms with E-state index in [1.807, 2.05) is 30.6 Å². The van der Waals surface area contributed by atoms with Gasteiger partial charge in [0.2, 0.25) is 0 Å². The van der Waals surface area contributed by atoms with Gasteiger partial charge in [0.15, 0.2) is 5.82 Å². The molecule has 1 aliphatic rings. The van der Waals surface area contributed by atoms with Crippen molar-refractivity contribution in [1.82, 2.24) is 14.8 Å². The molecule has 1 aromatic carbocycles. The number of anilines is 1. The summed E-state index contributed by atoms with van der Waals surface area (Å²) in [5, 5.41) is 4.69. The standard InChI is InChI=1S/C16H22N4/c1-2-12-6-3-4-9-15(12)20-11-18-16(19-20)13-7-5-8-14(17)10-13/h5,7-8,10-12,15H,2-4,6,9,17H2,1H3. The van der Waals surface area contributed by atoms with Crippen LogP contribution in [0.15, 0.2) is 30.6 Å². The molecule has 20 heavy (non-hydrogen) atoms. The van der Waals surface area contributed by atoms with Gasteiger partial charge in [-0.1, -0.05) is 38.3 Å². The van der Waals surface area contributed by atoms with Crippen molar-refractivity contribution in [3.8, 4) is 11.4 Å². The molecule has 0 amide bonds. The van der Waals surface area contributed by atoms with Crippen molar-refractivity contribution in [2.75, 3.05) is 5.73 Å². The summed E-state index contributed by atoms with van der Waals surface area (Å²) in [6.45, 7) is 2.28. The lowest BCUT2D eigenvalue weighted by Gasteiger charge is -2.30. The summed E-state index contributed by atoms with van der Waals surface area (Å²) >= 11 is 0. The highest BCUT2D eigenvalue weighted by molar-refractivity contribution is 5.60. The Kier molecular flexibility index (Phi) is 3.72. The van der Waals surface area contributed by atoms with E-state index in [2.05, 4.69) is 16.6 Å². The second-order valence-corrected chi connectivity index (χ2v) is 5.69. The molecule has 4 nitrogen and oxygen atoms in total. The van der Waals surface area contributed by atoms with E-state index in [0.29, 0.717) is 6.04 Å². The zero-order valence-electron chi connectivity index (χ0n) is 12.0. The number of rotatable bonds is 3. The molecule has 1 fully saturated rings. The summed E-state index contributed by atoms with van der Waals surface area (Å²) in [7, 11) is 0. The minimum Gasteiger partial charge on any atom is -0.399 e. The largest absolute Gasteiger partial charge is 0.399 e. The number of hydrogen-bond donors (Lipinski definition) is 1. The van der Waals surface area contributed by atoms with Gasteiger partial charge in [0.1, 0.15) is 6.33 Å². The number of benzene rings is 1. The van der Waals surface area contributed by atoms with Gasteiger partial charge in [-0.2, -0.15) is 5.10 Å². The Hall–Kier alpha value is -1.84. The third kappa shape index (κ3) is 2.55. The molecule has 0 radical (unpaired) electrons. The maximum atomic E-state index is 5.83. The minimum absolute atomic E-state index is 0.510. The van der Waals surface area contributed by atoms with Crippen molar-refractivity contribution in [2.45, 2.75) is 45.1 Å². The number of nitrogen functional groups attached to an aromatic ring is 1. The number of nitrogens with two attached hydrogens (primary N) is 1. The second kappa shape index (κ2) is 5.65. The fourth-order valence-electron chi connectivity index (χ4n) is 3.26. The third-order valence-electron chi connectivity index (χ3n) is 4.39. The molecule has 4 heteroatoms. The molecule has 0 saturated heterocycles. The summed E-state index contributed by atoms with van der Waals surface area (Å²) in [4.78, 5) is 4.47. The first-order chi connectivity index (χ1) is 9.78. The van der Waals surface area contributed by atoms with Crippen LogP contribution in [0.1, 0.15) is 45.1 Å². The topological polar surface area (TPSA) is 56.7 Å². The summed E-state index contributed by atoms with van der Waals surface area (Å²) < 4.78 is 2.08. The van der Waals surface area contributed by atoms with Crippen LogP contribution in [0.3, 0.4) is 0 Å². The first-order valence-corrected chi connectivity index (χ1v) is 7.55. The van der Waals surface area contributed by atoms with Crippen molar-refractivity contribution in [3.05, 3.63) is 30.6 Å². The SMILES string of the molecule is CCC1CCCCC1n1cnc(-c2cccc(N)c2)n1. The fourth-order valence-corrected chi connectivity index (χ4v) is 3.26. The minimum atomic E-state index is 0.510. The maximum absolute atomic E-state index is 5.83. The van der Waals surface area contributed by atoms with Crippen LogP contribution in [-0.2, 0) is 0 Å². The van der Waals surface area contributed by atoms with E-state index in [1.54, 1.807) is 0 Å². The highest BCUT2D eigenvalue weighted by Crippen LogP contribution is 2.35. The Labute approximate surface area is 120 Å². The molecule has 2 atom stereocenters. The highest BCUT2D eigenvalue weighted by Gasteiger charge is 2.26. The Balaban J connectivity index is 1.86. The van der Waals surface area contributed by atoms with Gasteiger partial charge in [-0.15, -0.1) is 0 Å². The number of aromatic nitrogens is 3. The van der Waals surface area contributed by atoms with Gasteiger partial charge < -0.3 is 5.73 Å². The molecular formula is C16H22N4. The van der Waals surface area contributed by atoms with Crippen molar-refractivity contribution >= 4 is 5.69 Å². The Morgan fingerprint density at radius 3 is 2.95 bits per heavy atom. The van der Waals surface area contributed by atoms with Gasteiger partial charge in [-0.05, 0) is 30.9 Å². The van der Waals surface area contributed by atoms with Gasteiger partial charge in [-0.3, -0.25) is 0 Å². The van der Waals surface area contributed by atoms with Crippen LogP contribution in [0.5, 0.6) is 0 Å². The third-order valence-corrected chi connectivity index (χ3v) is 4.39. The quantitative estimate of drug-likeness (QED) is 0.866. The Morgan fingerprint density at radius 1 is 1.30 bits per heavy atom. The molecule has 1 aromatic heterocycles. The van der Waals surface area contributed by atoms with E-state index in [1.165, 1.54) is 32.1 Å². The van der Waals surface area contributed by atoms with Crippen LogP contribution >= 0.6 is 0 Å². The van der Waals surface area contributed by atoms with Gasteiger partial charge >= 0.3 is 0 Å². The Bertz CT molecular complexity index is 575. The summed E-state index contributed by atoms with van der Waals surface area (Å²) in [6, 6.07) is 8.28. The van der Waals surface area contributed by atoms with Crippen molar-refractivity contribution in [1.29, 1.82) is 0 Å². The zero-order valence-corrected chi connectivity index (χ0v) is 12.0. The van der Waals surface area contributed by atoms with Crippen molar-refractivity contribution < 1.29 is 0 Å². The van der Waals surface area contributed by atoms with Crippen LogP contribution in [0.4, 0.5) is 5.69 Å². The van der Waals surface area contributed by atoms with Gasteiger partial charge in [-0.25, -0.2) is 9.67 Å². The molecule has 1 saturated carbocycles. The highest BCUT2D eigenvalue weighted by atomic mass is 15.3. The fraction of sp³-hybridized carbons (Fsp3) is 0.500. The second-order valence-electron chi connectivity index (χ2n) is 5.69. The van der Waals surface area contributed by atoms with E-state index in [4.69, 9.17) is 10.8 Å². The van der Waals surface area contributed by atoms with Crippen LogP contribution in [-0.4, -0.2) is 14.8 Å². The van der Waals surface area contributed by atoms with Gasteiger partial charge in [0, 0.05) is 11.3 Å². The van der Waals surface area contributed by atoms with E-state index in [-0.39, 0.29) is 0 Å². The smallest absolute Gasteiger partial charge is 0.181 e. The molecule has 2 unspecified atom stereocenters. The van der Waals surface area contributed by atoms with Crippen molar-refractivity contribution in [3.63, 3.8) is 0 Å². The average Bonchev–Trinajstić information content (AvgIpc) is 2.97. The molecule has 1 heterocycles. The Morgan fingerprint density at radius 2 is 2.15 bits per heavy atom. The molecular weight excluding hydrogens is 248 g/mol. The first-order valence-electron chi connectivity index (χ1n) is 7.55. The predicted molar refractivity (Wildman–Crippen MR) is 81.2 cm³/mol. The monoisotopic (exact) mass is 270 g/mol. The molecule has 2 N–H and O–H groups in total. The summed E-state index contributed by atoms with van der Waals surface area (Å²) in [5.41, 5.74) is 7.57. The first kappa shape index (κ1) is 13.2. The van der Waals surface area contributed by atoms with Crippen molar-refractivity contribution in [2.24, 2.45) is 5.92 Å². The molecule has 3 rings (SSSR count). The van der Waals surface area contributed by atoms with E-state index >= 15 is 0 Å². The average molecular weight is 270 g/mol. The van der Waals surface area contributed by atoms with Crippen LogP contribution < -0.4 is 5.73 Å². The number of nitrogens with zero attached hydrogens (tertiary/aromatic N) is 3. The van der Waals surface area contributed by atoms with Crippen LogP contribution in [0.2, 0.25) is 0 Å². The molecule has 0 spiro atoms. The van der Waals surface area contributed by atoms with Crippen LogP contribution in [0, 0.1) is 5.92 Å². The maximum Gasteiger partial charge on any atom is 0.181 e. The van der Waals surface area contributed by atoms with E-state index in [0.717, 1.165) is 23.0 Å². The van der Waals surface area contributed by atoms with E-state index in [9.17, 15) is 0 Å². The predicted octanol–water partition coefficient (Wildman–Crippen LogP) is 3.67. The molecule has 2 aromatic rings. The lowest BCUT2D eigenvalue weighted by atomic mass is 9.83. The molecule has 0 aliphatic heterocycles. The molecule has 0 bridgehead atoms. The summed E-state index contributed by atoms with van der Waals surface area (Å²) in [6.07, 6.45) is 8.29. The molecule has 1 aliphatic carbocycles. The number of hydrogen-bond acceptors (Lipinski definition) is 3. The van der Waals surface area contributed by atoms with E-state index < -0.39 is 0 Å². The zero-order chi connectivity index (χ0) is 13.9. The summed E-state index contributed by atoms with van der Waals surface area (Å²) in [5.74, 6) is 1.51. The molecule has 106 valence electrons. The normalized spacial score (nSPS) is 22.9. The lowest BCUT2D eigenvalue weighted by Crippen LogP contribution is -2.23. The van der Waals surface area contributed by atoms with Gasteiger partial charge in [0.25, 0.3) is 0 Å². The van der Waals surface area contributed by atoms with Crippen LogP contribution in [0.25, 0.3) is 11.4 Å². The van der Waals surface area contributed by atoms with Gasteiger partial charge in [0.05, 0.1) is 6.04 Å². The lowest BCUT2D eigenvalue weighted by molar-refractivity contribution is 0.217.